The van der Waals surface area contributed by atoms with Gasteiger partial charge in [-0.05, 0) is 38.9 Å². The molecule has 1 heterocycles. The van der Waals surface area contributed by atoms with Crippen LogP contribution in [0.4, 0.5) is 5.00 Å². The average Bonchev–Trinajstić information content (AvgIpc) is 2.94. The Morgan fingerprint density at radius 3 is 2.76 bits per heavy atom. The summed E-state index contributed by atoms with van der Waals surface area (Å²) in [6.45, 7) is 1.14. The number of anilines is 1. The van der Waals surface area contributed by atoms with E-state index in [2.05, 4.69) is 10.6 Å². The molecule has 1 aliphatic rings. The van der Waals surface area contributed by atoms with Crippen LogP contribution in [-0.4, -0.2) is 50.4 Å². The lowest BCUT2D eigenvalue weighted by Crippen LogP contribution is -2.31. The molecule has 4 N–H and O–H groups in total. The number of hydrogen-bond acceptors (Lipinski definition) is 5. The van der Waals surface area contributed by atoms with Gasteiger partial charge in [0.1, 0.15) is 5.00 Å². The Hall–Kier alpha value is -1.44. The molecule has 2 rings (SSSR count). The van der Waals surface area contributed by atoms with Crippen LogP contribution >= 0.6 is 11.3 Å². The fourth-order valence-electron chi connectivity index (χ4n) is 2.46. The van der Waals surface area contributed by atoms with Gasteiger partial charge in [0.2, 0.25) is 5.91 Å². The topological polar surface area (TPSA) is 87.5 Å². The highest BCUT2D eigenvalue weighted by molar-refractivity contribution is 7.17. The lowest BCUT2D eigenvalue weighted by atomic mass is 10.1. The van der Waals surface area contributed by atoms with Crippen molar-refractivity contribution in [3.63, 3.8) is 0 Å². The molecule has 1 aromatic rings. The van der Waals surface area contributed by atoms with Gasteiger partial charge in [-0.15, -0.1) is 11.3 Å². The molecule has 6 nitrogen and oxygen atoms in total. The second-order valence-electron chi connectivity index (χ2n) is 5.39. The van der Waals surface area contributed by atoms with Crippen molar-refractivity contribution in [1.29, 1.82) is 0 Å². The minimum Gasteiger partial charge on any atom is -0.351 e. The minimum atomic E-state index is -0.139. The number of fused-ring (bicyclic) bond motifs is 1. The van der Waals surface area contributed by atoms with E-state index in [4.69, 9.17) is 5.73 Å². The normalized spacial score (nSPS) is 13.3. The summed E-state index contributed by atoms with van der Waals surface area (Å²) < 4.78 is 0. The molecular formula is C14H22N4O2S. The maximum absolute atomic E-state index is 12.3. The van der Waals surface area contributed by atoms with Gasteiger partial charge in [-0.25, -0.2) is 0 Å². The van der Waals surface area contributed by atoms with Crippen LogP contribution in [0.2, 0.25) is 0 Å². The Morgan fingerprint density at radius 2 is 2.10 bits per heavy atom. The molecule has 0 aromatic carbocycles. The van der Waals surface area contributed by atoms with Crippen molar-refractivity contribution in [3.05, 3.63) is 16.0 Å². The minimum absolute atomic E-state index is 0.104. The van der Waals surface area contributed by atoms with Crippen molar-refractivity contribution in [2.75, 3.05) is 39.0 Å². The smallest absolute Gasteiger partial charge is 0.254 e. The number of hydrogen-bond donors (Lipinski definition) is 3. The number of carbonyl (C=O) groups is 2. The number of carbonyl (C=O) groups excluding carboxylic acids is 2. The average molecular weight is 310 g/mol. The molecule has 0 saturated carbocycles. The van der Waals surface area contributed by atoms with E-state index >= 15 is 0 Å². The monoisotopic (exact) mass is 310 g/mol. The highest BCUT2D eigenvalue weighted by atomic mass is 32.1. The highest BCUT2D eigenvalue weighted by Gasteiger charge is 2.27. The predicted octanol–water partition coefficient (Wildman–Crippen LogP) is 0.425. The lowest BCUT2D eigenvalue weighted by molar-refractivity contribution is -0.116. The van der Waals surface area contributed by atoms with E-state index in [9.17, 15) is 9.59 Å². The first kappa shape index (κ1) is 15.9. The summed E-state index contributed by atoms with van der Waals surface area (Å²) in [5.41, 5.74) is 7.15. The first-order chi connectivity index (χ1) is 10.0. The van der Waals surface area contributed by atoms with E-state index < -0.39 is 0 Å². The second-order valence-corrected chi connectivity index (χ2v) is 6.50. The number of rotatable bonds is 6. The van der Waals surface area contributed by atoms with Crippen LogP contribution in [0.15, 0.2) is 0 Å². The second kappa shape index (κ2) is 7.02. The third-order valence-corrected chi connectivity index (χ3v) is 4.50. The van der Waals surface area contributed by atoms with Crippen LogP contribution in [0.25, 0.3) is 0 Å². The summed E-state index contributed by atoms with van der Waals surface area (Å²) in [7, 11) is 3.67. The van der Waals surface area contributed by atoms with Crippen LogP contribution in [0.3, 0.4) is 0 Å². The quantitative estimate of drug-likeness (QED) is 0.711. The number of nitrogens with one attached hydrogen (secondary N) is 2. The van der Waals surface area contributed by atoms with Crippen molar-refractivity contribution in [2.45, 2.75) is 19.3 Å². The molecular weight excluding hydrogens is 288 g/mol. The Labute approximate surface area is 128 Å². The molecule has 0 bridgehead atoms. The number of nitrogens with two attached hydrogens (primary N) is 1. The summed E-state index contributed by atoms with van der Waals surface area (Å²) in [4.78, 5) is 27.3. The molecule has 0 fully saturated rings. The van der Waals surface area contributed by atoms with Gasteiger partial charge < -0.3 is 21.3 Å². The standard InChI is InChI=1S/C14H22N4O2S/c1-18(2)8-11(19)17-14-12(13(20)16-7-6-15)9-4-3-5-10(9)21-14/h3-8,15H2,1-2H3,(H,16,20)(H,17,19). The summed E-state index contributed by atoms with van der Waals surface area (Å²) in [5, 5.41) is 6.34. The zero-order valence-corrected chi connectivity index (χ0v) is 13.3. The molecule has 2 amide bonds. The molecule has 1 aromatic heterocycles. The highest BCUT2D eigenvalue weighted by Crippen LogP contribution is 2.39. The summed E-state index contributed by atoms with van der Waals surface area (Å²) in [5.74, 6) is -0.243. The molecule has 21 heavy (non-hydrogen) atoms. The maximum Gasteiger partial charge on any atom is 0.254 e. The van der Waals surface area contributed by atoms with E-state index in [1.807, 2.05) is 14.1 Å². The molecule has 7 heteroatoms. The van der Waals surface area contributed by atoms with Crippen molar-refractivity contribution in [2.24, 2.45) is 5.73 Å². The zero-order chi connectivity index (χ0) is 15.4. The number of aryl methyl sites for hydroxylation is 1. The van der Waals surface area contributed by atoms with Crippen LogP contribution < -0.4 is 16.4 Å². The number of nitrogens with zero attached hydrogens (tertiary/aromatic N) is 1. The summed E-state index contributed by atoms with van der Waals surface area (Å²) in [6, 6.07) is 0. The van der Waals surface area contributed by atoms with Crippen molar-refractivity contribution >= 4 is 28.2 Å². The summed E-state index contributed by atoms with van der Waals surface area (Å²) in [6.07, 6.45) is 2.96. The van der Waals surface area contributed by atoms with Crippen molar-refractivity contribution in [1.82, 2.24) is 10.2 Å². The molecule has 0 saturated heterocycles. The molecule has 0 spiro atoms. The molecule has 1 aliphatic carbocycles. The maximum atomic E-state index is 12.3. The Morgan fingerprint density at radius 1 is 1.33 bits per heavy atom. The Kier molecular flexibility index (Phi) is 5.33. The third kappa shape index (κ3) is 3.81. The molecule has 0 atom stereocenters. The number of likely N-dealkylation sites (N-methyl/N-ethyl adjacent to an activating group) is 1. The van der Waals surface area contributed by atoms with Gasteiger partial charge in [0.05, 0.1) is 12.1 Å². The van der Waals surface area contributed by atoms with E-state index in [-0.39, 0.29) is 11.8 Å². The fourth-order valence-corrected chi connectivity index (χ4v) is 3.76. The van der Waals surface area contributed by atoms with E-state index in [0.29, 0.717) is 30.2 Å². The van der Waals surface area contributed by atoms with E-state index in [0.717, 1.165) is 24.8 Å². The lowest BCUT2D eigenvalue weighted by Gasteiger charge is -2.11. The van der Waals surface area contributed by atoms with Gasteiger partial charge in [0, 0.05) is 18.0 Å². The van der Waals surface area contributed by atoms with Crippen LogP contribution in [0.5, 0.6) is 0 Å². The fraction of sp³-hybridized carbons (Fsp3) is 0.571. The SMILES string of the molecule is CN(C)CC(=O)Nc1sc2c(c1C(=O)NCCN)CCC2. The van der Waals surface area contributed by atoms with Gasteiger partial charge >= 0.3 is 0 Å². The Bertz CT molecular complexity index is 539. The number of thiophene rings is 1. The van der Waals surface area contributed by atoms with Crippen LogP contribution in [-0.2, 0) is 17.6 Å². The van der Waals surface area contributed by atoms with Gasteiger partial charge in [0.15, 0.2) is 0 Å². The van der Waals surface area contributed by atoms with Crippen molar-refractivity contribution in [3.8, 4) is 0 Å². The summed E-state index contributed by atoms with van der Waals surface area (Å²) >= 11 is 1.52. The van der Waals surface area contributed by atoms with Gasteiger partial charge in [0.25, 0.3) is 5.91 Å². The van der Waals surface area contributed by atoms with Crippen molar-refractivity contribution < 1.29 is 9.59 Å². The first-order valence-corrected chi connectivity index (χ1v) is 7.92. The molecule has 0 unspecified atom stereocenters. The molecule has 0 aliphatic heterocycles. The largest absolute Gasteiger partial charge is 0.351 e. The van der Waals surface area contributed by atoms with Crippen LogP contribution in [0.1, 0.15) is 27.2 Å². The van der Waals surface area contributed by atoms with E-state index in [1.54, 1.807) is 4.90 Å². The number of amides is 2. The molecule has 0 radical (unpaired) electrons. The predicted molar refractivity (Wildman–Crippen MR) is 84.9 cm³/mol. The van der Waals surface area contributed by atoms with Crippen LogP contribution in [0, 0.1) is 0 Å². The van der Waals surface area contributed by atoms with E-state index in [1.165, 1.54) is 16.2 Å². The Balaban J connectivity index is 2.20. The molecule has 116 valence electrons. The van der Waals surface area contributed by atoms with Gasteiger partial charge in [-0.1, -0.05) is 0 Å². The first-order valence-electron chi connectivity index (χ1n) is 7.10. The zero-order valence-electron chi connectivity index (χ0n) is 12.5. The van der Waals surface area contributed by atoms with Gasteiger partial charge in [-0.2, -0.15) is 0 Å². The van der Waals surface area contributed by atoms with Gasteiger partial charge in [-0.3, -0.25) is 9.59 Å². The third-order valence-electron chi connectivity index (χ3n) is 3.29.